The molecule has 21 amide bonds. The minimum Gasteiger partial charge on any atom is -0.480 e. The lowest BCUT2D eigenvalue weighted by atomic mass is 10.0. The Bertz CT molecular complexity index is 3960. The van der Waals surface area contributed by atoms with Crippen molar-refractivity contribution in [1.29, 1.82) is 0 Å². The van der Waals surface area contributed by atoms with Crippen molar-refractivity contribution in [3.8, 4) is 0 Å². The van der Waals surface area contributed by atoms with Gasteiger partial charge in [-0.3, -0.25) is 105 Å². The lowest BCUT2D eigenvalue weighted by Gasteiger charge is -2.26. The molecule has 2 aliphatic rings. The fourth-order valence-corrected chi connectivity index (χ4v) is 11.7. The fourth-order valence-electron chi connectivity index (χ4n) is 11.7. The molecule has 2 fully saturated rings. The number of aromatic nitrogens is 2. The van der Waals surface area contributed by atoms with Gasteiger partial charge in [0.15, 0.2) is 0 Å². The molecule has 0 bridgehead atoms. The second kappa shape index (κ2) is 48.8. The molecule has 1 aromatic carbocycles. The first-order chi connectivity index (χ1) is 55.7. The van der Waals surface area contributed by atoms with Gasteiger partial charge in [-0.1, -0.05) is 58.0 Å². The van der Waals surface area contributed by atoms with E-state index in [1.54, 1.807) is 44.2 Å². The summed E-state index contributed by atoms with van der Waals surface area (Å²) < 4.78 is 0. The van der Waals surface area contributed by atoms with Crippen LogP contribution in [0.4, 0.5) is 0 Å². The zero-order chi connectivity index (χ0) is 88.0. The number of carboxylic acid groups (broad SMARTS) is 1. The third-order valence-corrected chi connectivity index (χ3v) is 17.7. The number of imidazole rings is 1. The third-order valence-electron chi connectivity index (χ3n) is 17.7. The van der Waals surface area contributed by atoms with Gasteiger partial charge in [0.25, 0.3) is 0 Å². The van der Waals surface area contributed by atoms with Crippen molar-refractivity contribution in [2.75, 3.05) is 78.6 Å². The van der Waals surface area contributed by atoms with Crippen molar-refractivity contribution in [2.45, 2.75) is 159 Å². The summed E-state index contributed by atoms with van der Waals surface area (Å²) in [7, 11) is 0. The molecule has 0 saturated carbocycles. The van der Waals surface area contributed by atoms with Crippen molar-refractivity contribution in [1.82, 2.24) is 110 Å². The Morgan fingerprint density at radius 2 is 0.805 bits per heavy atom. The van der Waals surface area contributed by atoms with Crippen LogP contribution in [0.15, 0.2) is 42.9 Å². The number of nitrogens with two attached hydrogens (primary N) is 2. The van der Waals surface area contributed by atoms with Crippen LogP contribution < -0.4 is 102 Å². The second-order valence-electron chi connectivity index (χ2n) is 27.9. The lowest BCUT2D eigenvalue weighted by Crippen LogP contribution is -2.58. The fraction of sp³-hybridized carbons (Fsp3) is 0.557. The van der Waals surface area contributed by atoms with Crippen LogP contribution in [0.5, 0.6) is 0 Å². The molecule has 2 saturated heterocycles. The number of carbonyl (C=O) groups is 22. The average Bonchev–Trinajstić information content (AvgIpc) is 1.73. The third kappa shape index (κ3) is 34.0. The van der Waals surface area contributed by atoms with E-state index in [-0.39, 0.29) is 38.8 Å². The highest BCUT2D eigenvalue weighted by molar-refractivity contribution is 6.01. The van der Waals surface area contributed by atoms with Gasteiger partial charge in [-0.15, -0.1) is 0 Å². The minimum atomic E-state index is -1.75. The SMILES string of the molecule is CC(=O)N[C@@H](CC(N)=O)C(=O)NCC(=O)N[C@H](C(=O)N[C@@H](Cc1cnc[nH]1)C(=O)NCC(=O)N[C@@H](Cc1ccccc1)C(=O)NCC(=O)N[C@@H](CC(N)=O)C(=O)NCC(=O)N[C@H](C(=O)NCC(=O)N1CCC[C@H]1C(=O)NCC(=O)N[C@H](C(=O)NCC(=O)N1CCC[C@H]1C(=O)NCC(=O)N[C@@H](CO)C(=O)NCC(=O)O)[C@@H](C)O)C(C)C)C(C)C. The van der Waals surface area contributed by atoms with Gasteiger partial charge in [0.05, 0.1) is 84.2 Å². The van der Waals surface area contributed by atoms with E-state index in [0.29, 0.717) is 24.1 Å². The number of likely N-dealkylation sites (tertiary alicyclic amines) is 2. The smallest absolute Gasteiger partial charge is 0.322 e. The maximum absolute atomic E-state index is 13.8. The van der Waals surface area contributed by atoms with Gasteiger partial charge in [0.1, 0.15) is 67.0 Å². The zero-order valence-corrected chi connectivity index (χ0v) is 65.5. The molecule has 11 atom stereocenters. The standard InChI is InChI=1S/C70H103N23O25/c1-34(2)58(68(116)80-29-55(105)92-16-11-15-46(92)67(115)79-28-54(104)91-60(36(5)95)69(117)81-30-56(106)93-17-10-14-45(93)66(114)78-25-51(101)87-44(32-94)65(113)82-31-57(107)108)89-52(102)26-77-64(112)43(21-48(72)98)86-50(100)24-74-61(109)40(18-38-12-8-7-9-13-38)85-49(99)23-75-62(110)41(19-39-22-73-33-83-39)88-70(118)59(35(3)4)90-53(103)27-76-63(111)42(20-47(71)97)84-37(6)96/h7-9,12-13,22,33-36,40-46,58-60,94-95H,10-11,14-21,23-32H2,1-6H3,(H2,71,97)(H2,72,98)(H,73,83)(H,74,109)(H,75,110)(H,76,111)(H,77,112)(H,78,114)(H,79,115)(H,80,116)(H,81,117)(H,82,113)(H,84,96)(H,85,99)(H,86,100)(H,87,101)(H,88,118)(H,89,102)(H,90,103)(H,91,104)(H,107,108)/t36-,40+,41+,42+,43+,44+,45+,46+,58+,59+,60+/m1/s1. The van der Waals surface area contributed by atoms with Crippen LogP contribution in [0.2, 0.25) is 0 Å². The van der Waals surface area contributed by atoms with E-state index in [0.717, 1.165) is 23.6 Å². The number of amides is 21. The Kier molecular flexibility index (Phi) is 40.1. The van der Waals surface area contributed by atoms with Gasteiger partial charge in [0, 0.05) is 44.7 Å². The van der Waals surface area contributed by atoms with E-state index in [2.05, 4.69) is 95.0 Å². The van der Waals surface area contributed by atoms with Crippen LogP contribution in [0, 0.1) is 11.8 Å². The van der Waals surface area contributed by atoms with Gasteiger partial charge >= 0.3 is 5.97 Å². The topological polar surface area (TPSA) is 728 Å². The number of primary amides is 2. The highest BCUT2D eigenvalue weighted by Crippen LogP contribution is 2.19. The van der Waals surface area contributed by atoms with Crippen LogP contribution in [0.1, 0.15) is 91.3 Å². The number of hydrogen-bond acceptors (Lipinski definition) is 25. The summed E-state index contributed by atoms with van der Waals surface area (Å²) in [5.41, 5.74) is 11.4. The molecular weight excluding hydrogens is 1560 g/mol. The summed E-state index contributed by atoms with van der Waals surface area (Å²) in [6.07, 6.45) is 0.165. The Balaban J connectivity index is 1.26. The number of benzene rings is 1. The van der Waals surface area contributed by atoms with Crippen molar-refractivity contribution >= 4 is 130 Å². The number of rotatable bonds is 48. The molecule has 0 aliphatic carbocycles. The van der Waals surface area contributed by atoms with E-state index in [4.69, 9.17) is 16.6 Å². The predicted molar refractivity (Wildman–Crippen MR) is 404 cm³/mol. The minimum absolute atomic E-state index is 0.0332. The molecule has 2 aromatic rings. The first-order valence-electron chi connectivity index (χ1n) is 37.2. The highest BCUT2D eigenvalue weighted by Gasteiger charge is 2.39. The van der Waals surface area contributed by atoms with Crippen LogP contribution in [-0.2, 0) is 118 Å². The molecule has 4 rings (SSSR count). The molecule has 48 heteroatoms. The molecule has 118 heavy (non-hydrogen) atoms. The van der Waals surface area contributed by atoms with Gasteiger partial charge in [-0.25, -0.2) is 4.98 Å². The number of aromatic amines is 1. The number of hydrogen-bond donors (Lipinski definition) is 23. The summed E-state index contributed by atoms with van der Waals surface area (Å²) in [5, 5.41) is 67.9. The summed E-state index contributed by atoms with van der Waals surface area (Å²) >= 11 is 0. The molecule has 0 spiro atoms. The van der Waals surface area contributed by atoms with Crippen molar-refractivity contribution in [3.63, 3.8) is 0 Å². The van der Waals surface area contributed by atoms with Gasteiger partial charge < -0.3 is 132 Å². The molecule has 0 radical (unpaired) electrons. The average molecular weight is 1670 g/mol. The molecule has 648 valence electrons. The van der Waals surface area contributed by atoms with E-state index < -0.39 is 287 Å². The van der Waals surface area contributed by atoms with Crippen LogP contribution in [0.25, 0.3) is 0 Å². The summed E-state index contributed by atoms with van der Waals surface area (Å²) in [4.78, 5) is 293. The summed E-state index contributed by atoms with van der Waals surface area (Å²) in [6, 6.07) is -6.03. The van der Waals surface area contributed by atoms with E-state index >= 15 is 0 Å². The monoisotopic (exact) mass is 1670 g/mol. The number of aliphatic carboxylic acids is 1. The number of carbonyl (C=O) groups excluding carboxylic acids is 21. The molecule has 48 nitrogen and oxygen atoms in total. The largest absolute Gasteiger partial charge is 0.480 e. The number of H-pyrrole nitrogens is 1. The van der Waals surface area contributed by atoms with E-state index in [1.165, 1.54) is 26.4 Å². The molecule has 1 aromatic heterocycles. The Morgan fingerprint density at radius 3 is 1.21 bits per heavy atom. The van der Waals surface area contributed by atoms with Crippen LogP contribution in [-0.4, -0.2) is 310 Å². The van der Waals surface area contributed by atoms with E-state index in [1.807, 2.05) is 5.32 Å². The zero-order valence-electron chi connectivity index (χ0n) is 65.5. The maximum atomic E-state index is 13.8. The first kappa shape index (κ1) is 97.1. The molecule has 3 heterocycles. The number of nitrogens with one attached hydrogen (secondary N) is 18. The van der Waals surface area contributed by atoms with Gasteiger partial charge in [0.2, 0.25) is 124 Å². The number of nitrogens with zero attached hydrogens (tertiary/aromatic N) is 3. The van der Waals surface area contributed by atoms with Crippen molar-refractivity contribution in [3.05, 3.63) is 54.1 Å². The second-order valence-corrected chi connectivity index (χ2v) is 27.9. The predicted octanol–water partition coefficient (Wildman–Crippen LogP) is -13.4. The Morgan fingerprint density at radius 1 is 0.441 bits per heavy atom. The summed E-state index contributed by atoms with van der Waals surface area (Å²) in [6.45, 7) is 0.683. The van der Waals surface area contributed by atoms with Gasteiger partial charge in [-0.05, 0) is 50.0 Å². The molecule has 25 N–H and O–H groups in total. The molecule has 2 aliphatic heterocycles. The van der Waals surface area contributed by atoms with E-state index in [9.17, 15) is 116 Å². The molecular formula is C70H103N23O25. The number of aliphatic hydroxyl groups is 2. The van der Waals surface area contributed by atoms with Crippen molar-refractivity contribution in [2.24, 2.45) is 23.3 Å². The van der Waals surface area contributed by atoms with Gasteiger partial charge in [-0.2, -0.15) is 0 Å². The Hall–Kier alpha value is -13.3. The van der Waals surface area contributed by atoms with Crippen LogP contribution in [0.3, 0.4) is 0 Å². The van der Waals surface area contributed by atoms with Crippen LogP contribution >= 0.6 is 0 Å². The Labute approximate surface area is 674 Å². The maximum Gasteiger partial charge on any atom is 0.322 e. The summed E-state index contributed by atoms with van der Waals surface area (Å²) in [5.74, 6) is -22.0. The first-order valence-corrected chi connectivity index (χ1v) is 37.2. The normalized spacial score (nSPS) is 15.7. The molecule has 0 unspecified atom stereocenters. The highest BCUT2D eigenvalue weighted by atomic mass is 16.4. The lowest BCUT2D eigenvalue weighted by molar-refractivity contribution is -0.140. The van der Waals surface area contributed by atoms with Crippen molar-refractivity contribution < 1.29 is 121 Å². The number of aliphatic hydroxyl groups excluding tert-OH is 2. The quantitative estimate of drug-likeness (QED) is 0.0293. The number of carboxylic acids is 1.